The summed E-state index contributed by atoms with van der Waals surface area (Å²) in [6, 6.07) is 12.6. The normalized spacial score (nSPS) is 9.85. The number of amides is 2. The number of carbonyl (C=O) groups is 3. The SMILES string of the molecule is COC(=O)c1ccc(Cl)c(N(CC(=O)Nc2ccc(C#N)cc2)C(C)=O)c1. The molecule has 7 nitrogen and oxygen atoms in total. The lowest BCUT2D eigenvalue weighted by Gasteiger charge is -2.22. The molecule has 2 rings (SSSR count). The number of ether oxygens (including phenoxy) is 1. The summed E-state index contributed by atoms with van der Waals surface area (Å²) < 4.78 is 4.66. The van der Waals surface area contributed by atoms with Crippen LogP contribution in [0.4, 0.5) is 11.4 Å². The van der Waals surface area contributed by atoms with Gasteiger partial charge < -0.3 is 15.0 Å². The van der Waals surface area contributed by atoms with Crippen LogP contribution in [0.3, 0.4) is 0 Å². The zero-order chi connectivity index (χ0) is 20.0. The molecule has 0 fully saturated rings. The monoisotopic (exact) mass is 385 g/mol. The highest BCUT2D eigenvalue weighted by Gasteiger charge is 2.20. The van der Waals surface area contributed by atoms with Crippen LogP contribution in [0, 0.1) is 11.3 Å². The minimum atomic E-state index is -0.585. The van der Waals surface area contributed by atoms with Gasteiger partial charge in [0.05, 0.1) is 35.0 Å². The largest absolute Gasteiger partial charge is 0.465 e. The van der Waals surface area contributed by atoms with Gasteiger partial charge in [-0.1, -0.05) is 11.6 Å². The molecule has 0 saturated carbocycles. The van der Waals surface area contributed by atoms with Crippen molar-refractivity contribution < 1.29 is 19.1 Å². The van der Waals surface area contributed by atoms with Gasteiger partial charge in [-0.25, -0.2) is 4.79 Å². The van der Waals surface area contributed by atoms with E-state index in [1.54, 1.807) is 24.3 Å². The molecule has 1 N–H and O–H groups in total. The quantitative estimate of drug-likeness (QED) is 0.797. The first-order chi connectivity index (χ1) is 12.8. The van der Waals surface area contributed by atoms with E-state index in [1.807, 2.05) is 6.07 Å². The van der Waals surface area contributed by atoms with E-state index >= 15 is 0 Å². The van der Waals surface area contributed by atoms with Crippen LogP contribution in [0.15, 0.2) is 42.5 Å². The van der Waals surface area contributed by atoms with Crippen molar-refractivity contribution in [3.8, 4) is 6.07 Å². The number of anilines is 2. The van der Waals surface area contributed by atoms with Crippen molar-refractivity contribution >= 4 is 40.8 Å². The molecule has 0 spiro atoms. The smallest absolute Gasteiger partial charge is 0.337 e. The van der Waals surface area contributed by atoms with Crippen molar-refractivity contribution in [2.75, 3.05) is 23.9 Å². The standard InChI is InChI=1S/C19H16ClN3O4/c1-12(24)23(17-9-14(19(26)27-2)5-8-16(17)20)11-18(25)22-15-6-3-13(10-21)4-7-15/h3-9H,11H2,1-2H3,(H,22,25). The van der Waals surface area contributed by atoms with Gasteiger partial charge in [0, 0.05) is 12.6 Å². The van der Waals surface area contributed by atoms with Gasteiger partial charge in [-0.05, 0) is 42.5 Å². The molecule has 0 heterocycles. The first kappa shape index (κ1) is 19.9. The van der Waals surface area contributed by atoms with E-state index in [0.29, 0.717) is 11.3 Å². The number of carbonyl (C=O) groups excluding carboxylic acids is 3. The molecule has 0 saturated heterocycles. The first-order valence-electron chi connectivity index (χ1n) is 7.81. The molecular weight excluding hydrogens is 370 g/mol. The number of nitrogens with one attached hydrogen (secondary N) is 1. The Bertz CT molecular complexity index is 920. The summed E-state index contributed by atoms with van der Waals surface area (Å²) in [4.78, 5) is 37.3. The molecule has 8 heteroatoms. The van der Waals surface area contributed by atoms with Crippen molar-refractivity contribution in [2.45, 2.75) is 6.92 Å². The zero-order valence-electron chi connectivity index (χ0n) is 14.7. The Kier molecular flexibility index (Phi) is 6.52. The summed E-state index contributed by atoms with van der Waals surface area (Å²) in [5.41, 5.74) is 1.37. The second kappa shape index (κ2) is 8.83. The van der Waals surface area contributed by atoms with Crippen LogP contribution < -0.4 is 10.2 Å². The molecule has 0 aromatic heterocycles. The fourth-order valence-corrected chi connectivity index (χ4v) is 2.52. The lowest BCUT2D eigenvalue weighted by atomic mass is 10.2. The topological polar surface area (TPSA) is 99.5 Å². The second-order valence-corrected chi connectivity index (χ2v) is 5.91. The van der Waals surface area contributed by atoms with Crippen LogP contribution in [0.2, 0.25) is 5.02 Å². The minimum Gasteiger partial charge on any atom is -0.465 e. The van der Waals surface area contributed by atoms with Crippen LogP contribution >= 0.6 is 11.6 Å². The van der Waals surface area contributed by atoms with Crippen LogP contribution in [0.5, 0.6) is 0 Å². The summed E-state index contributed by atoms with van der Waals surface area (Å²) in [6.45, 7) is 0.982. The molecule has 138 valence electrons. The average Bonchev–Trinajstić information content (AvgIpc) is 2.66. The number of nitriles is 1. The maximum atomic E-state index is 12.3. The van der Waals surface area contributed by atoms with E-state index in [9.17, 15) is 14.4 Å². The highest BCUT2D eigenvalue weighted by Crippen LogP contribution is 2.27. The summed E-state index contributed by atoms with van der Waals surface area (Å²) in [5.74, 6) is -1.47. The zero-order valence-corrected chi connectivity index (χ0v) is 15.4. The number of hydrogen-bond acceptors (Lipinski definition) is 5. The Morgan fingerprint density at radius 2 is 1.85 bits per heavy atom. The number of rotatable bonds is 5. The lowest BCUT2D eigenvalue weighted by Crippen LogP contribution is -2.37. The van der Waals surface area contributed by atoms with Crippen LogP contribution in [-0.4, -0.2) is 31.4 Å². The van der Waals surface area contributed by atoms with Gasteiger partial charge in [-0.15, -0.1) is 0 Å². The molecule has 0 radical (unpaired) electrons. The molecule has 0 aliphatic rings. The molecule has 0 aliphatic carbocycles. The van der Waals surface area contributed by atoms with E-state index in [2.05, 4.69) is 10.1 Å². The third-order valence-electron chi connectivity index (χ3n) is 3.64. The van der Waals surface area contributed by atoms with Gasteiger partial charge in [-0.3, -0.25) is 9.59 Å². The predicted octanol–water partition coefficient (Wildman–Crippen LogP) is 2.99. The number of esters is 1. The lowest BCUT2D eigenvalue weighted by molar-refractivity contribution is -0.120. The third-order valence-corrected chi connectivity index (χ3v) is 3.96. The van der Waals surface area contributed by atoms with E-state index in [0.717, 1.165) is 4.90 Å². The Labute approximate surface area is 161 Å². The molecule has 2 aromatic rings. The molecule has 0 unspecified atom stereocenters. The van der Waals surface area contributed by atoms with Crippen molar-refractivity contribution in [2.24, 2.45) is 0 Å². The van der Waals surface area contributed by atoms with Gasteiger partial charge in [0.15, 0.2) is 0 Å². The average molecular weight is 386 g/mol. The minimum absolute atomic E-state index is 0.204. The van der Waals surface area contributed by atoms with Gasteiger partial charge in [0.25, 0.3) is 0 Å². The van der Waals surface area contributed by atoms with Gasteiger partial charge in [-0.2, -0.15) is 5.26 Å². The van der Waals surface area contributed by atoms with Crippen LogP contribution in [-0.2, 0) is 14.3 Å². The Morgan fingerprint density at radius 1 is 1.19 bits per heavy atom. The molecule has 0 bridgehead atoms. The first-order valence-corrected chi connectivity index (χ1v) is 8.19. The van der Waals surface area contributed by atoms with E-state index in [-0.39, 0.29) is 22.8 Å². The maximum Gasteiger partial charge on any atom is 0.337 e. The molecule has 2 amide bonds. The van der Waals surface area contributed by atoms with Crippen molar-refractivity contribution in [3.63, 3.8) is 0 Å². The van der Waals surface area contributed by atoms with Crippen molar-refractivity contribution in [1.82, 2.24) is 0 Å². The van der Waals surface area contributed by atoms with E-state index in [4.69, 9.17) is 16.9 Å². The maximum absolute atomic E-state index is 12.3. The molecule has 27 heavy (non-hydrogen) atoms. The van der Waals surface area contributed by atoms with Gasteiger partial charge in [0.2, 0.25) is 11.8 Å². The number of methoxy groups -OCH3 is 1. The number of benzene rings is 2. The summed E-state index contributed by atoms with van der Waals surface area (Å²) in [5, 5.41) is 11.6. The Hall–Kier alpha value is -3.37. The fourth-order valence-electron chi connectivity index (χ4n) is 2.30. The van der Waals surface area contributed by atoms with Crippen molar-refractivity contribution in [3.05, 3.63) is 58.6 Å². The molecule has 0 aliphatic heterocycles. The summed E-state index contributed by atoms with van der Waals surface area (Å²) >= 11 is 6.15. The van der Waals surface area contributed by atoms with E-state index < -0.39 is 17.8 Å². The van der Waals surface area contributed by atoms with Crippen molar-refractivity contribution in [1.29, 1.82) is 5.26 Å². The fraction of sp³-hybridized carbons (Fsp3) is 0.158. The number of halogens is 1. The molecule has 2 aromatic carbocycles. The predicted molar refractivity (Wildman–Crippen MR) is 101 cm³/mol. The Balaban J connectivity index is 2.22. The number of hydrogen-bond donors (Lipinski definition) is 1. The summed E-state index contributed by atoms with van der Waals surface area (Å²) in [7, 11) is 1.24. The van der Waals surface area contributed by atoms with Crippen LogP contribution in [0.25, 0.3) is 0 Å². The highest BCUT2D eigenvalue weighted by molar-refractivity contribution is 6.34. The third kappa shape index (κ3) is 5.06. The Morgan fingerprint density at radius 3 is 2.41 bits per heavy atom. The highest BCUT2D eigenvalue weighted by atomic mass is 35.5. The molecular formula is C19H16ClN3O4. The van der Waals surface area contributed by atoms with E-state index in [1.165, 1.54) is 32.2 Å². The van der Waals surface area contributed by atoms with Gasteiger partial charge >= 0.3 is 5.97 Å². The number of nitrogens with zero attached hydrogens (tertiary/aromatic N) is 2. The molecule has 0 atom stereocenters. The van der Waals surface area contributed by atoms with Crippen LogP contribution in [0.1, 0.15) is 22.8 Å². The second-order valence-electron chi connectivity index (χ2n) is 5.50. The van der Waals surface area contributed by atoms with Gasteiger partial charge in [0.1, 0.15) is 6.54 Å². The summed E-state index contributed by atoms with van der Waals surface area (Å²) in [6.07, 6.45) is 0.